The Morgan fingerprint density at radius 1 is 0.895 bits per heavy atom. The highest BCUT2D eigenvalue weighted by Gasteiger charge is 2.26. The highest BCUT2D eigenvalue weighted by atomic mass is 16.6. The van der Waals surface area contributed by atoms with Crippen LogP contribution in [0.4, 0.5) is 16.2 Å². The third-order valence-corrected chi connectivity index (χ3v) is 6.49. The van der Waals surface area contributed by atoms with E-state index in [0.717, 1.165) is 52.5 Å². The zero-order chi connectivity index (χ0) is 26.9. The summed E-state index contributed by atoms with van der Waals surface area (Å²) in [6.07, 6.45) is 3.64. The molecule has 4 aromatic rings. The molecular weight excluding hydrogens is 478 g/mol. The molecule has 1 aliphatic heterocycles. The number of nitrogens with one attached hydrogen (secondary N) is 1. The Hall–Kier alpha value is -4.33. The largest absolute Gasteiger partial charge is 0.444 e. The first kappa shape index (κ1) is 25.3. The van der Waals surface area contributed by atoms with Gasteiger partial charge in [0, 0.05) is 56.2 Å². The smallest absolute Gasteiger partial charge is 0.410 e. The van der Waals surface area contributed by atoms with Crippen molar-refractivity contribution in [3.8, 4) is 22.4 Å². The molecule has 0 bridgehead atoms. The number of benzene rings is 2. The van der Waals surface area contributed by atoms with Crippen LogP contribution in [0.1, 0.15) is 27.7 Å². The minimum Gasteiger partial charge on any atom is -0.444 e. The summed E-state index contributed by atoms with van der Waals surface area (Å²) in [5.41, 5.74) is 6.40. The van der Waals surface area contributed by atoms with Crippen molar-refractivity contribution in [2.24, 2.45) is 0 Å². The van der Waals surface area contributed by atoms with Gasteiger partial charge in [-0.15, -0.1) is 0 Å². The number of carbonyl (C=O) groups is 2. The van der Waals surface area contributed by atoms with Crippen molar-refractivity contribution < 1.29 is 14.3 Å². The number of rotatable bonds is 4. The van der Waals surface area contributed by atoms with Crippen LogP contribution in [0.5, 0.6) is 0 Å². The molecule has 2 amide bonds. The van der Waals surface area contributed by atoms with E-state index in [1.165, 1.54) is 6.92 Å². The lowest BCUT2D eigenvalue weighted by Gasteiger charge is -2.36. The van der Waals surface area contributed by atoms with Gasteiger partial charge in [0.1, 0.15) is 11.2 Å². The van der Waals surface area contributed by atoms with E-state index in [0.29, 0.717) is 13.1 Å². The number of hydrogen-bond donors (Lipinski definition) is 1. The van der Waals surface area contributed by atoms with Crippen LogP contribution in [0.3, 0.4) is 0 Å². The number of hydrogen-bond acceptors (Lipinski definition) is 5. The van der Waals surface area contributed by atoms with Gasteiger partial charge in [0.25, 0.3) is 0 Å². The second kappa shape index (κ2) is 10.2. The lowest BCUT2D eigenvalue weighted by atomic mass is 10.1. The third kappa shape index (κ3) is 5.64. The van der Waals surface area contributed by atoms with Gasteiger partial charge in [0.05, 0.1) is 11.9 Å². The third-order valence-electron chi connectivity index (χ3n) is 6.49. The minimum atomic E-state index is -0.482. The Kier molecular flexibility index (Phi) is 6.80. The highest BCUT2D eigenvalue weighted by Crippen LogP contribution is 2.28. The fourth-order valence-corrected chi connectivity index (χ4v) is 4.67. The Morgan fingerprint density at radius 2 is 1.63 bits per heavy atom. The number of amides is 2. The number of piperazine rings is 1. The predicted octanol–water partition coefficient (Wildman–Crippen LogP) is 5.68. The fraction of sp³-hybridized carbons (Fsp3) is 0.300. The Bertz CT molecular complexity index is 1460. The fourth-order valence-electron chi connectivity index (χ4n) is 4.67. The molecule has 0 radical (unpaired) electrons. The van der Waals surface area contributed by atoms with Crippen molar-refractivity contribution in [1.29, 1.82) is 0 Å². The van der Waals surface area contributed by atoms with Gasteiger partial charge in [-0.3, -0.25) is 9.20 Å². The molecule has 0 saturated carbocycles. The molecule has 3 heterocycles. The van der Waals surface area contributed by atoms with Crippen LogP contribution in [-0.4, -0.2) is 58.1 Å². The molecule has 0 unspecified atom stereocenters. The van der Waals surface area contributed by atoms with E-state index in [2.05, 4.69) is 56.0 Å². The second-order valence-corrected chi connectivity index (χ2v) is 10.6. The Labute approximate surface area is 222 Å². The SMILES string of the molecule is CC(=O)Nc1cccc(-c2cnc3cc(-c4ccc(N5CCN(C(=O)OC(C)(C)C)CC5)cc4)ccn23)c1. The number of fused-ring (bicyclic) bond motifs is 1. The van der Waals surface area contributed by atoms with Gasteiger partial charge < -0.3 is 19.9 Å². The molecule has 8 nitrogen and oxygen atoms in total. The van der Waals surface area contributed by atoms with E-state index in [9.17, 15) is 9.59 Å². The molecule has 1 saturated heterocycles. The van der Waals surface area contributed by atoms with Gasteiger partial charge in [-0.1, -0.05) is 24.3 Å². The summed E-state index contributed by atoms with van der Waals surface area (Å²) in [6.45, 7) is 9.99. The molecule has 1 aliphatic rings. The van der Waals surface area contributed by atoms with Crippen LogP contribution < -0.4 is 10.2 Å². The summed E-state index contributed by atoms with van der Waals surface area (Å²) in [5.74, 6) is -0.0981. The van der Waals surface area contributed by atoms with Gasteiger partial charge >= 0.3 is 6.09 Å². The topological polar surface area (TPSA) is 79.2 Å². The van der Waals surface area contributed by atoms with Gasteiger partial charge in [0.2, 0.25) is 5.91 Å². The van der Waals surface area contributed by atoms with E-state index < -0.39 is 5.60 Å². The Morgan fingerprint density at radius 3 is 2.32 bits per heavy atom. The number of carbonyl (C=O) groups excluding carboxylic acids is 2. The zero-order valence-electron chi connectivity index (χ0n) is 22.3. The monoisotopic (exact) mass is 511 g/mol. The number of ether oxygens (including phenoxy) is 1. The molecule has 2 aromatic heterocycles. The molecular formula is C30H33N5O3. The van der Waals surface area contributed by atoms with Gasteiger partial charge in [-0.25, -0.2) is 9.78 Å². The number of imidazole rings is 1. The van der Waals surface area contributed by atoms with Crippen molar-refractivity contribution >= 4 is 29.0 Å². The zero-order valence-corrected chi connectivity index (χ0v) is 22.3. The van der Waals surface area contributed by atoms with Crippen molar-refractivity contribution in [2.45, 2.75) is 33.3 Å². The van der Waals surface area contributed by atoms with E-state index >= 15 is 0 Å². The minimum absolute atomic E-state index is 0.0981. The molecule has 0 atom stereocenters. The molecule has 1 fully saturated rings. The maximum absolute atomic E-state index is 12.4. The molecule has 0 spiro atoms. The molecule has 8 heteroatoms. The summed E-state index contributed by atoms with van der Waals surface area (Å²) in [5, 5.41) is 2.83. The lowest BCUT2D eigenvalue weighted by Crippen LogP contribution is -2.50. The van der Waals surface area contributed by atoms with Gasteiger partial charge in [0.15, 0.2) is 0 Å². The highest BCUT2D eigenvalue weighted by molar-refractivity contribution is 5.89. The first-order valence-corrected chi connectivity index (χ1v) is 12.8. The van der Waals surface area contributed by atoms with E-state index in [-0.39, 0.29) is 12.0 Å². The quantitative estimate of drug-likeness (QED) is 0.381. The molecule has 1 N–H and O–H groups in total. The Balaban J connectivity index is 1.28. The number of aromatic nitrogens is 2. The maximum atomic E-state index is 12.4. The van der Waals surface area contributed by atoms with Gasteiger partial charge in [-0.2, -0.15) is 0 Å². The normalized spacial score (nSPS) is 14.0. The molecule has 38 heavy (non-hydrogen) atoms. The molecule has 5 rings (SSSR count). The van der Waals surface area contributed by atoms with E-state index in [1.807, 2.05) is 57.4 Å². The first-order valence-electron chi connectivity index (χ1n) is 12.8. The van der Waals surface area contributed by atoms with Crippen LogP contribution in [0.25, 0.3) is 28.0 Å². The first-order chi connectivity index (χ1) is 18.2. The molecule has 2 aromatic carbocycles. The van der Waals surface area contributed by atoms with Crippen LogP contribution >= 0.6 is 0 Å². The van der Waals surface area contributed by atoms with Crippen LogP contribution in [-0.2, 0) is 9.53 Å². The summed E-state index contributed by atoms with van der Waals surface area (Å²) < 4.78 is 7.56. The summed E-state index contributed by atoms with van der Waals surface area (Å²) in [6, 6.07) is 20.4. The van der Waals surface area contributed by atoms with E-state index in [4.69, 9.17) is 4.74 Å². The van der Waals surface area contributed by atoms with Crippen LogP contribution in [0.2, 0.25) is 0 Å². The predicted molar refractivity (Wildman–Crippen MR) is 150 cm³/mol. The van der Waals surface area contributed by atoms with Gasteiger partial charge in [-0.05, 0) is 68.3 Å². The summed E-state index contributed by atoms with van der Waals surface area (Å²) in [7, 11) is 0. The average molecular weight is 512 g/mol. The van der Waals surface area contributed by atoms with Crippen LogP contribution in [0, 0.1) is 0 Å². The van der Waals surface area contributed by atoms with E-state index in [1.54, 1.807) is 4.90 Å². The van der Waals surface area contributed by atoms with Crippen molar-refractivity contribution in [3.63, 3.8) is 0 Å². The summed E-state index contributed by atoms with van der Waals surface area (Å²) >= 11 is 0. The van der Waals surface area contributed by atoms with Crippen molar-refractivity contribution in [1.82, 2.24) is 14.3 Å². The maximum Gasteiger partial charge on any atom is 0.410 e. The van der Waals surface area contributed by atoms with Crippen molar-refractivity contribution in [2.75, 3.05) is 36.4 Å². The lowest BCUT2D eigenvalue weighted by molar-refractivity contribution is -0.114. The summed E-state index contributed by atoms with van der Waals surface area (Å²) in [4.78, 5) is 32.5. The molecule has 196 valence electrons. The second-order valence-electron chi connectivity index (χ2n) is 10.6. The number of pyridine rings is 1. The average Bonchev–Trinajstić information content (AvgIpc) is 3.31. The van der Waals surface area contributed by atoms with Crippen LogP contribution in [0.15, 0.2) is 73.1 Å². The number of nitrogens with zero attached hydrogens (tertiary/aromatic N) is 4. The standard InChI is InChI=1S/C30H33N5O3/c1-21(36)32-25-7-5-6-24(18-25)27-20-31-28-19-23(12-13-35(27)28)22-8-10-26(11-9-22)33-14-16-34(17-15-33)29(37)38-30(2,3)4/h5-13,18-20H,14-17H2,1-4H3,(H,32,36). The molecule has 0 aliphatic carbocycles. The number of anilines is 2. The van der Waals surface area contributed by atoms with Crippen molar-refractivity contribution in [3.05, 3.63) is 73.1 Å².